The molecule has 1 saturated heterocycles. The van der Waals surface area contributed by atoms with E-state index in [1.165, 1.54) is 12.1 Å². The van der Waals surface area contributed by atoms with Crippen molar-refractivity contribution in [2.45, 2.75) is 44.9 Å². The maximum atomic E-state index is 14.1. The predicted molar refractivity (Wildman–Crippen MR) is 144 cm³/mol. The highest BCUT2D eigenvalue weighted by Crippen LogP contribution is 2.45. The Balaban J connectivity index is 1.84. The van der Waals surface area contributed by atoms with Crippen molar-refractivity contribution >= 4 is 17.6 Å². The topological polar surface area (TPSA) is 80.6 Å². The SMILES string of the molecule is CC(C)c1c(C(=O)Nc2ccccc2)c(-c2ccccc2)c(-c2ccc(F)cc2)n1[C@@H]1C[C@@H](O)CC(=O)O1. The summed E-state index contributed by atoms with van der Waals surface area (Å²) >= 11 is 0. The zero-order valence-corrected chi connectivity index (χ0v) is 21.2. The van der Waals surface area contributed by atoms with Gasteiger partial charge in [0.25, 0.3) is 5.91 Å². The van der Waals surface area contributed by atoms with Crippen LogP contribution in [0.3, 0.4) is 0 Å². The van der Waals surface area contributed by atoms with Crippen molar-refractivity contribution in [2.24, 2.45) is 0 Å². The molecule has 0 unspecified atom stereocenters. The van der Waals surface area contributed by atoms with Gasteiger partial charge in [-0.3, -0.25) is 9.59 Å². The highest BCUT2D eigenvalue weighted by atomic mass is 19.1. The van der Waals surface area contributed by atoms with Crippen LogP contribution in [0.2, 0.25) is 0 Å². The van der Waals surface area contributed by atoms with E-state index in [-0.39, 0.29) is 24.7 Å². The number of anilines is 1. The lowest BCUT2D eigenvalue weighted by Crippen LogP contribution is -2.32. The number of aromatic nitrogens is 1. The number of aliphatic hydroxyl groups excluding tert-OH is 1. The molecule has 1 aromatic heterocycles. The van der Waals surface area contributed by atoms with Crippen LogP contribution in [0.5, 0.6) is 0 Å². The molecule has 5 rings (SSSR count). The first-order valence-electron chi connectivity index (χ1n) is 12.7. The molecule has 1 aliphatic heterocycles. The van der Waals surface area contributed by atoms with Gasteiger partial charge in [-0.2, -0.15) is 0 Å². The smallest absolute Gasteiger partial charge is 0.310 e. The van der Waals surface area contributed by atoms with Gasteiger partial charge in [-0.15, -0.1) is 0 Å². The summed E-state index contributed by atoms with van der Waals surface area (Å²) in [7, 11) is 0. The molecule has 0 spiro atoms. The fourth-order valence-corrected chi connectivity index (χ4v) is 5.11. The maximum absolute atomic E-state index is 14.1. The van der Waals surface area contributed by atoms with Gasteiger partial charge >= 0.3 is 5.97 Å². The van der Waals surface area contributed by atoms with E-state index in [1.807, 2.05) is 79.1 Å². The van der Waals surface area contributed by atoms with Crippen LogP contribution < -0.4 is 5.32 Å². The summed E-state index contributed by atoms with van der Waals surface area (Å²) in [6, 6.07) is 24.7. The van der Waals surface area contributed by atoms with E-state index in [1.54, 1.807) is 12.1 Å². The molecule has 4 aromatic rings. The first-order valence-corrected chi connectivity index (χ1v) is 12.7. The van der Waals surface area contributed by atoms with Gasteiger partial charge in [0, 0.05) is 23.4 Å². The Bertz CT molecular complexity index is 1450. The van der Waals surface area contributed by atoms with Crippen LogP contribution in [0, 0.1) is 5.82 Å². The minimum atomic E-state index is -0.883. The molecule has 0 bridgehead atoms. The van der Waals surface area contributed by atoms with Crippen molar-refractivity contribution < 1.29 is 23.8 Å². The van der Waals surface area contributed by atoms with Crippen LogP contribution in [0.15, 0.2) is 84.9 Å². The van der Waals surface area contributed by atoms with Crippen LogP contribution >= 0.6 is 0 Å². The second kappa shape index (κ2) is 10.6. The van der Waals surface area contributed by atoms with Gasteiger partial charge in [0.05, 0.1) is 23.8 Å². The Morgan fingerprint density at radius 2 is 1.61 bits per heavy atom. The molecule has 2 N–H and O–H groups in total. The lowest BCUT2D eigenvalue weighted by Gasteiger charge is -2.31. The van der Waals surface area contributed by atoms with E-state index in [2.05, 4.69) is 5.32 Å². The average molecular weight is 513 g/mol. The molecular weight excluding hydrogens is 483 g/mol. The molecule has 2 heterocycles. The number of carbonyl (C=O) groups is 2. The standard InChI is InChI=1S/C31H29FN2O4/c1-19(2)29-28(31(37)33-23-11-7-4-8-12-23)27(20-9-5-3-6-10-20)30(21-13-15-22(32)16-14-21)34(29)25-17-24(35)18-26(36)38-25/h3-16,19,24-25,35H,17-18H2,1-2H3,(H,33,37)/t24-,25+/m1/s1. The number of nitrogens with zero attached hydrogens (tertiary/aromatic N) is 1. The molecular formula is C31H29FN2O4. The number of hydrogen-bond acceptors (Lipinski definition) is 4. The molecule has 1 aliphatic rings. The number of amides is 1. The number of para-hydroxylation sites is 1. The maximum Gasteiger partial charge on any atom is 0.310 e. The predicted octanol–water partition coefficient (Wildman–Crippen LogP) is 6.53. The van der Waals surface area contributed by atoms with Gasteiger partial charge in [0.2, 0.25) is 0 Å². The van der Waals surface area contributed by atoms with Crippen molar-refractivity contribution in [3.05, 3.63) is 102 Å². The van der Waals surface area contributed by atoms with Crippen LogP contribution in [-0.2, 0) is 9.53 Å². The van der Waals surface area contributed by atoms with E-state index in [4.69, 9.17) is 4.74 Å². The monoisotopic (exact) mass is 512 g/mol. The lowest BCUT2D eigenvalue weighted by molar-refractivity contribution is -0.167. The quantitative estimate of drug-likeness (QED) is 0.288. The van der Waals surface area contributed by atoms with Gasteiger partial charge in [0.1, 0.15) is 5.82 Å². The second-order valence-electron chi connectivity index (χ2n) is 9.74. The number of cyclic esters (lactones) is 1. The third-order valence-corrected chi connectivity index (χ3v) is 6.66. The molecule has 1 amide bonds. The molecule has 6 nitrogen and oxygen atoms in total. The highest BCUT2D eigenvalue weighted by molar-refractivity contribution is 6.12. The van der Waals surface area contributed by atoms with E-state index in [0.717, 1.165) is 5.56 Å². The molecule has 3 aromatic carbocycles. The third kappa shape index (κ3) is 4.97. The normalized spacial score (nSPS) is 17.3. The van der Waals surface area contributed by atoms with Crippen molar-refractivity contribution in [1.29, 1.82) is 0 Å². The molecule has 0 saturated carbocycles. The summed E-state index contributed by atoms with van der Waals surface area (Å²) in [6.07, 6.45) is -1.65. The number of carbonyl (C=O) groups excluding carboxylic acids is 2. The summed E-state index contributed by atoms with van der Waals surface area (Å²) in [5.74, 6) is -1.39. The molecule has 0 aliphatic carbocycles. The fraction of sp³-hybridized carbons (Fsp3) is 0.226. The third-order valence-electron chi connectivity index (χ3n) is 6.66. The Morgan fingerprint density at radius 1 is 0.974 bits per heavy atom. The minimum absolute atomic E-state index is 0.0897. The van der Waals surface area contributed by atoms with Crippen LogP contribution in [0.1, 0.15) is 54.9 Å². The van der Waals surface area contributed by atoms with Gasteiger partial charge in [0.15, 0.2) is 6.23 Å². The number of esters is 1. The number of rotatable bonds is 6. The summed E-state index contributed by atoms with van der Waals surface area (Å²) in [6.45, 7) is 3.94. The minimum Gasteiger partial charge on any atom is -0.441 e. The van der Waals surface area contributed by atoms with Crippen LogP contribution in [0.25, 0.3) is 22.4 Å². The van der Waals surface area contributed by atoms with Gasteiger partial charge < -0.3 is 19.7 Å². The Hall–Kier alpha value is -4.23. The van der Waals surface area contributed by atoms with Gasteiger partial charge in [-0.25, -0.2) is 4.39 Å². The molecule has 38 heavy (non-hydrogen) atoms. The highest BCUT2D eigenvalue weighted by Gasteiger charge is 2.37. The van der Waals surface area contributed by atoms with Crippen LogP contribution in [0.4, 0.5) is 10.1 Å². The fourth-order valence-electron chi connectivity index (χ4n) is 5.11. The van der Waals surface area contributed by atoms with Crippen molar-refractivity contribution in [3.63, 3.8) is 0 Å². The van der Waals surface area contributed by atoms with Crippen LogP contribution in [-0.4, -0.2) is 27.7 Å². The van der Waals surface area contributed by atoms with E-state index in [9.17, 15) is 19.1 Å². The summed E-state index contributed by atoms with van der Waals surface area (Å²) in [5, 5.41) is 13.5. The second-order valence-corrected chi connectivity index (χ2v) is 9.74. The number of aliphatic hydroxyl groups is 1. The molecule has 0 radical (unpaired) electrons. The summed E-state index contributed by atoms with van der Waals surface area (Å²) in [4.78, 5) is 26.5. The Labute approximate surface area is 220 Å². The van der Waals surface area contributed by atoms with Crippen molar-refractivity contribution in [1.82, 2.24) is 4.57 Å². The Kier molecular flexibility index (Phi) is 7.11. The first-order chi connectivity index (χ1) is 18.3. The number of halogens is 1. The van der Waals surface area contributed by atoms with Crippen molar-refractivity contribution in [3.8, 4) is 22.4 Å². The molecule has 1 fully saturated rings. The van der Waals surface area contributed by atoms with Crippen molar-refractivity contribution in [2.75, 3.05) is 5.32 Å². The summed E-state index contributed by atoms with van der Waals surface area (Å²) < 4.78 is 21.6. The van der Waals surface area contributed by atoms with E-state index in [0.29, 0.717) is 33.8 Å². The van der Waals surface area contributed by atoms with Gasteiger partial charge in [-0.05, 0) is 53.4 Å². The number of ether oxygens (including phenoxy) is 1. The zero-order valence-electron chi connectivity index (χ0n) is 21.2. The van der Waals surface area contributed by atoms with Gasteiger partial charge in [-0.1, -0.05) is 62.4 Å². The zero-order chi connectivity index (χ0) is 26.8. The lowest BCUT2D eigenvalue weighted by atomic mass is 9.94. The molecule has 194 valence electrons. The molecule has 2 atom stereocenters. The van der Waals surface area contributed by atoms with E-state index < -0.39 is 24.1 Å². The largest absolute Gasteiger partial charge is 0.441 e. The number of nitrogens with one attached hydrogen (secondary N) is 1. The van der Waals surface area contributed by atoms with E-state index >= 15 is 0 Å². The summed E-state index contributed by atoms with van der Waals surface area (Å²) in [5.41, 5.74) is 4.43. The molecule has 7 heteroatoms. The number of hydrogen-bond donors (Lipinski definition) is 2. The first kappa shape index (κ1) is 25.4. The average Bonchev–Trinajstić information content (AvgIpc) is 3.26. The number of benzene rings is 3. The Morgan fingerprint density at radius 3 is 2.21 bits per heavy atom.